The van der Waals surface area contributed by atoms with Crippen molar-refractivity contribution in [2.45, 2.75) is 13.3 Å². The van der Waals surface area contributed by atoms with Crippen LogP contribution in [0.3, 0.4) is 0 Å². The van der Waals surface area contributed by atoms with Gasteiger partial charge in [-0.05, 0) is 12.0 Å². The van der Waals surface area contributed by atoms with Gasteiger partial charge in [-0.3, -0.25) is 5.41 Å². The average molecular weight is 236 g/mol. The fraction of sp³-hybridized carbons (Fsp3) is 0.125. The molecule has 2 rings (SSSR count). The maximum atomic E-state index is 8.03. The van der Waals surface area contributed by atoms with Crippen molar-refractivity contribution < 1.29 is 0 Å². The van der Waals surface area contributed by atoms with Crippen LogP contribution in [0.4, 0.5) is 0 Å². The van der Waals surface area contributed by atoms with Crippen LogP contribution in [0.2, 0.25) is 0 Å². The zero-order valence-corrected chi connectivity index (χ0v) is 10.4. The van der Waals surface area contributed by atoms with Gasteiger partial charge in [-0.25, -0.2) is 4.99 Å². The van der Waals surface area contributed by atoms with E-state index in [0.717, 1.165) is 23.3 Å². The molecule has 0 bridgehead atoms. The molecule has 2 aromatic carbocycles. The monoisotopic (exact) mass is 236 g/mol. The van der Waals surface area contributed by atoms with E-state index in [2.05, 4.69) is 11.9 Å². The molecule has 0 saturated heterocycles. The zero-order chi connectivity index (χ0) is 12.8. The molecule has 0 aliphatic heterocycles. The Morgan fingerprint density at radius 1 is 0.889 bits per heavy atom. The van der Waals surface area contributed by atoms with Crippen LogP contribution in [-0.2, 0) is 0 Å². The molecule has 0 aliphatic rings. The summed E-state index contributed by atoms with van der Waals surface area (Å²) in [5, 5.41) is 8.03. The minimum Gasteiger partial charge on any atom is -0.282 e. The number of nitrogens with zero attached hydrogens (tertiary/aromatic N) is 1. The van der Waals surface area contributed by atoms with E-state index in [9.17, 15) is 0 Å². The summed E-state index contributed by atoms with van der Waals surface area (Å²) in [6.07, 6.45) is 0.819. The quantitative estimate of drug-likeness (QED) is 0.619. The molecular formula is C16H16N2. The lowest BCUT2D eigenvalue weighted by Gasteiger charge is -2.05. The Morgan fingerprint density at radius 2 is 1.39 bits per heavy atom. The SMILES string of the molecule is CCC(=NC(=N)c1ccccc1)c1ccccc1. The Balaban J connectivity index is 2.29. The van der Waals surface area contributed by atoms with E-state index >= 15 is 0 Å². The molecule has 0 saturated carbocycles. The minimum absolute atomic E-state index is 0.316. The van der Waals surface area contributed by atoms with Crippen molar-refractivity contribution in [3.05, 3.63) is 71.8 Å². The van der Waals surface area contributed by atoms with Crippen molar-refractivity contribution >= 4 is 11.5 Å². The summed E-state index contributed by atoms with van der Waals surface area (Å²) in [5.74, 6) is 0.316. The lowest BCUT2D eigenvalue weighted by Crippen LogP contribution is -2.04. The molecule has 0 atom stereocenters. The van der Waals surface area contributed by atoms with Crippen LogP contribution < -0.4 is 0 Å². The lowest BCUT2D eigenvalue weighted by molar-refractivity contribution is 1.26. The van der Waals surface area contributed by atoms with Gasteiger partial charge in [-0.2, -0.15) is 0 Å². The van der Waals surface area contributed by atoms with E-state index in [-0.39, 0.29) is 0 Å². The van der Waals surface area contributed by atoms with Gasteiger partial charge in [0.15, 0.2) is 5.84 Å². The van der Waals surface area contributed by atoms with E-state index in [1.165, 1.54) is 0 Å². The highest BCUT2D eigenvalue weighted by Crippen LogP contribution is 2.07. The van der Waals surface area contributed by atoms with Crippen LogP contribution >= 0.6 is 0 Å². The third-order valence-electron chi connectivity index (χ3n) is 2.74. The van der Waals surface area contributed by atoms with Crippen LogP contribution in [-0.4, -0.2) is 11.5 Å². The van der Waals surface area contributed by atoms with Crippen LogP contribution in [0, 0.1) is 5.41 Å². The molecule has 0 spiro atoms. The summed E-state index contributed by atoms with van der Waals surface area (Å²) in [6.45, 7) is 2.06. The Morgan fingerprint density at radius 3 is 1.89 bits per heavy atom. The molecule has 2 heteroatoms. The fourth-order valence-electron chi connectivity index (χ4n) is 1.77. The Labute approximate surface area is 108 Å². The lowest BCUT2D eigenvalue weighted by atomic mass is 10.1. The summed E-state index contributed by atoms with van der Waals surface area (Å²) >= 11 is 0. The van der Waals surface area contributed by atoms with Crippen molar-refractivity contribution in [2.75, 3.05) is 0 Å². The normalized spacial score (nSPS) is 11.3. The maximum Gasteiger partial charge on any atom is 0.152 e. The molecule has 0 aromatic heterocycles. The topological polar surface area (TPSA) is 36.2 Å². The second-order valence-electron chi connectivity index (χ2n) is 3.99. The van der Waals surface area contributed by atoms with Gasteiger partial charge in [0.25, 0.3) is 0 Å². The molecule has 0 unspecified atom stereocenters. The summed E-state index contributed by atoms with van der Waals surface area (Å²) in [4.78, 5) is 4.44. The van der Waals surface area contributed by atoms with Gasteiger partial charge in [0, 0.05) is 11.3 Å². The van der Waals surface area contributed by atoms with Crippen molar-refractivity contribution in [3.63, 3.8) is 0 Å². The molecular weight excluding hydrogens is 220 g/mol. The van der Waals surface area contributed by atoms with Gasteiger partial charge in [0.05, 0.1) is 0 Å². The van der Waals surface area contributed by atoms with E-state index in [0.29, 0.717) is 5.84 Å². The van der Waals surface area contributed by atoms with Gasteiger partial charge < -0.3 is 0 Å². The highest BCUT2D eigenvalue weighted by molar-refractivity contribution is 6.11. The molecule has 0 heterocycles. The summed E-state index contributed by atoms with van der Waals surface area (Å²) in [7, 11) is 0. The largest absolute Gasteiger partial charge is 0.282 e. The standard InChI is InChI=1S/C16H16N2/c1-2-15(13-9-5-3-6-10-13)18-16(17)14-11-7-4-8-12-14/h3-12,17H,2H2,1H3. The van der Waals surface area contributed by atoms with Crippen LogP contribution in [0.1, 0.15) is 24.5 Å². The molecule has 90 valence electrons. The first-order valence-electron chi connectivity index (χ1n) is 6.08. The molecule has 0 radical (unpaired) electrons. The number of nitrogens with one attached hydrogen (secondary N) is 1. The third-order valence-corrected chi connectivity index (χ3v) is 2.74. The van der Waals surface area contributed by atoms with Gasteiger partial charge in [-0.15, -0.1) is 0 Å². The first kappa shape index (κ1) is 12.2. The van der Waals surface area contributed by atoms with E-state index < -0.39 is 0 Å². The smallest absolute Gasteiger partial charge is 0.152 e. The predicted molar refractivity (Wildman–Crippen MR) is 76.5 cm³/mol. The zero-order valence-electron chi connectivity index (χ0n) is 10.4. The first-order valence-corrected chi connectivity index (χ1v) is 6.08. The number of aliphatic imine (C=N–C) groups is 1. The van der Waals surface area contributed by atoms with E-state index in [1.807, 2.05) is 60.7 Å². The molecule has 2 nitrogen and oxygen atoms in total. The Kier molecular flexibility index (Phi) is 4.02. The molecule has 0 amide bonds. The summed E-state index contributed by atoms with van der Waals surface area (Å²) < 4.78 is 0. The molecule has 0 aliphatic carbocycles. The molecule has 2 aromatic rings. The van der Waals surface area contributed by atoms with Gasteiger partial charge in [-0.1, -0.05) is 67.6 Å². The third kappa shape index (κ3) is 2.92. The number of hydrogen-bond acceptors (Lipinski definition) is 1. The number of hydrogen-bond donors (Lipinski definition) is 1. The highest BCUT2D eigenvalue weighted by Gasteiger charge is 2.03. The minimum atomic E-state index is 0.316. The number of benzene rings is 2. The molecule has 18 heavy (non-hydrogen) atoms. The van der Waals surface area contributed by atoms with Crippen molar-refractivity contribution in [1.82, 2.24) is 0 Å². The maximum absolute atomic E-state index is 8.03. The second kappa shape index (κ2) is 5.92. The van der Waals surface area contributed by atoms with Crippen molar-refractivity contribution in [3.8, 4) is 0 Å². The summed E-state index contributed by atoms with van der Waals surface area (Å²) in [6, 6.07) is 19.6. The van der Waals surface area contributed by atoms with Crippen LogP contribution in [0.25, 0.3) is 0 Å². The Hall–Kier alpha value is -2.22. The molecule has 1 N–H and O–H groups in total. The fourth-order valence-corrected chi connectivity index (χ4v) is 1.77. The van der Waals surface area contributed by atoms with Gasteiger partial charge in [0.2, 0.25) is 0 Å². The summed E-state index contributed by atoms with van der Waals surface area (Å²) in [5.41, 5.74) is 2.88. The first-order chi connectivity index (χ1) is 8.81. The van der Waals surface area contributed by atoms with Crippen LogP contribution in [0.5, 0.6) is 0 Å². The second-order valence-corrected chi connectivity index (χ2v) is 3.99. The van der Waals surface area contributed by atoms with E-state index in [1.54, 1.807) is 0 Å². The predicted octanol–water partition coefficient (Wildman–Crippen LogP) is 3.91. The van der Waals surface area contributed by atoms with Gasteiger partial charge in [0.1, 0.15) is 0 Å². The average Bonchev–Trinajstić information content (AvgIpc) is 2.46. The number of rotatable bonds is 3. The number of amidine groups is 1. The Bertz CT molecular complexity index is 542. The molecule has 0 fully saturated rings. The van der Waals surface area contributed by atoms with Crippen molar-refractivity contribution in [2.24, 2.45) is 4.99 Å². The van der Waals surface area contributed by atoms with Crippen molar-refractivity contribution in [1.29, 1.82) is 5.41 Å². The highest BCUT2D eigenvalue weighted by atomic mass is 14.8. The van der Waals surface area contributed by atoms with Gasteiger partial charge >= 0.3 is 0 Å². The van der Waals surface area contributed by atoms with Crippen LogP contribution in [0.15, 0.2) is 65.7 Å². The van der Waals surface area contributed by atoms with E-state index in [4.69, 9.17) is 5.41 Å².